The van der Waals surface area contributed by atoms with Gasteiger partial charge < -0.3 is 20.5 Å². The summed E-state index contributed by atoms with van der Waals surface area (Å²) < 4.78 is 9.62. The molecule has 1 rings (SSSR count). The van der Waals surface area contributed by atoms with Crippen molar-refractivity contribution in [3.05, 3.63) is 24.3 Å². The smallest absolute Gasteiger partial charge is 0.343 e. The molecule has 0 saturated carbocycles. The first-order valence-electron chi connectivity index (χ1n) is 5.73. The normalized spacial score (nSPS) is 10.2. The van der Waals surface area contributed by atoms with Crippen LogP contribution in [0.3, 0.4) is 0 Å². The number of hydrogen-bond acceptors (Lipinski definition) is 5. The number of carbonyl (C=O) groups excluding carboxylic acids is 2. The highest BCUT2D eigenvalue weighted by Crippen LogP contribution is 2.16. The van der Waals surface area contributed by atoms with Crippen LogP contribution in [0.15, 0.2) is 24.3 Å². The molecule has 3 N–H and O–H groups in total. The molecule has 0 radical (unpaired) electrons. The van der Waals surface area contributed by atoms with Crippen molar-refractivity contribution in [1.29, 1.82) is 0 Å². The number of nitrogens with one attached hydrogen (secondary N) is 1. The van der Waals surface area contributed by atoms with Crippen LogP contribution >= 0.6 is 12.4 Å². The lowest BCUT2D eigenvalue weighted by molar-refractivity contribution is -0.142. The minimum absolute atomic E-state index is 0. The number of halogens is 1. The Morgan fingerprint density at radius 2 is 1.80 bits per heavy atom. The van der Waals surface area contributed by atoms with Gasteiger partial charge in [-0.05, 0) is 38.1 Å². The minimum Gasteiger partial charge on any atom is -0.482 e. The van der Waals surface area contributed by atoms with E-state index in [-0.39, 0.29) is 24.9 Å². The van der Waals surface area contributed by atoms with Gasteiger partial charge in [0.2, 0.25) is 5.91 Å². The van der Waals surface area contributed by atoms with Gasteiger partial charge in [0.15, 0.2) is 6.61 Å². The molecule has 0 fully saturated rings. The quantitative estimate of drug-likeness (QED) is 0.801. The largest absolute Gasteiger partial charge is 0.482 e. The summed E-state index contributed by atoms with van der Waals surface area (Å²) in [5.41, 5.74) is 5.33. The molecule has 1 amide bonds. The van der Waals surface area contributed by atoms with Crippen LogP contribution in [-0.4, -0.2) is 31.1 Å². The molecule has 0 unspecified atom stereocenters. The van der Waals surface area contributed by atoms with Gasteiger partial charge in [-0.15, -0.1) is 12.4 Å². The highest BCUT2D eigenvalue weighted by molar-refractivity contribution is 5.97. The molecular weight excluding hydrogens is 284 g/mol. The first-order chi connectivity index (χ1) is 8.82. The van der Waals surface area contributed by atoms with E-state index in [2.05, 4.69) is 10.1 Å². The van der Waals surface area contributed by atoms with Crippen LogP contribution in [0, 0.1) is 0 Å². The van der Waals surface area contributed by atoms with E-state index in [9.17, 15) is 9.59 Å². The second kappa shape index (κ2) is 7.72. The van der Waals surface area contributed by atoms with Gasteiger partial charge in [-0.25, -0.2) is 4.79 Å². The van der Waals surface area contributed by atoms with Crippen LogP contribution in [0.25, 0.3) is 0 Å². The Morgan fingerprint density at radius 1 is 1.25 bits per heavy atom. The summed E-state index contributed by atoms with van der Waals surface area (Å²) in [6, 6.07) is 6.61. The molecule has 0 saturated heterocycles. The van der Waals surface area contributed by atoms with Gasteiger partial charge in [0, 0.05) is 5.69 Å². The van der Waals surface area contributed by atoms with Crippen molar-refractivity contribution in [2.75, 3.05) is 19.0 Å². The molecule has 0 heterocycles. The second-order valence-corrected chi connectivity index (χ2v) is 4.56. The first-order valence-corrected chi connectivity index (χ1v) is 5.73. The van der Waals surface area contributed by atoms with E-state index in [1.165, 1.54) is 7.11 Å². The lowest BCUT2D eigenvalue weighted by Crippen LogP contribution is -2.45. The Hall–Kier alpha value is -1.79. The van der Waals surface area contributed by atoms with E-state index >= 15 is 0 Å². The highest BCUT2D eigenvalue weighted by atomic mass is 35.5. The van der Waals surface area contributed by atoms with Crippen molar-refractivity contribution in [2.45, 2.75) is 19.4 Å². The van der Waals surface area contributed by atoms with Gasteiger partial charge in [-0.1, -0.05) is 0 Å². The monoisotopic (exact) mass is 302 g/mol. The Morgan fingerprint density at radius 3 is 2.25 bits per heavy atom. The number of hydrogen-bond donors (Lipinski definition) is 2. The van der Waals surface area contributed by atoms with Crippen LogP contribution in [0.4, 0.5) is 5.69 Å². The van der Waals surface area contributed by atoms with Crippen LogP contribution in [-0.2, 0) is 14.3 Å². The average Bonchev–Trinajstić information content (AvgIpc) is 2.36. The van der Waals surface area contributed by atoms with Gasteiger partial charge >= 0.3 is 5.97 Å². The predicted molar refractivity (Wildman–Crippen MR) is 78.1 cm³/mol. The third kappa shape index (κ3) is 5.90. The van der Waals surface area contributed by atoms with Gasteiger partial charge in [-0.2, -0.15) is 0 Å². The standard InChI is InChI=1S/C13H18N2O4.ClH/c1-13(2,14)12(17)15-9-4-6-10(7-5-9)19-8-11(16)18-3;/h4-7H,8,14H2,1-3H3,(H,15,17);1H. The molecular formula is C13H19ClN2O4. The zero-order valence-electron chi connectivity index (χ0n) is 11.6. The van der Waals surface area contributed by atoms with Gasteiger partial charge in [0.05, 0.1) is 12.6 Å². The molecule has 0 aromatic heterocycles. The summed E-state index contributed by atoms with van der Waals surface area (Å²) in [6.45, 7) is 3.09. The molecule has 0 aliphatic rings. The number of benzene rings is 1. The fourth-order valence-corrected chi connectivity index (χ4v) is 1.13. The minimum atomic E-state index is -0.944. The number of methoxy groups -OCH3 is 1. The fourth-order valence-electron chi connectivity index (χ4n) is 1.13. The molecule has 6 nitrogen and oxygen atoms in total. The topological polar surface area (TPSA) is 90.6 Å². The summed E-state index contributed by atoms with van der Waals surface area (Å²) in [4.78, 5) is 22.5. The predicted octanol–water partition coefficient (Wildman–Crippen LogP) is 1.34. The van der Waals surface area contributed by atoms with Crippen LogP contribution in [0.1, 0.15) is 13.8 Å². The number of rotatable bonds is 5. The maximum Gasteiger partial charge on any atom is 0.343 e. The molecule has 0 spiro atoms. The highest BCUT2D eigenvalue weighted by Gasteiger charge is 2.21. The molecule has 112 valence electrons. The number of carbonyl (C=O) groups is 2. The van der Waals surface area contributed by atoms with Crippen molar-refractivity contribution in [3.63, 3.8) is 0 Å². The molecule has 1 aromatic carbocycles. The maximum atomic E-state index is 11.6. The van der Waals surface area contributed by atoms with Crippen molar-refractivity contribution in [1.82, 2.24) is 0 Å². The number of amides is 1. The van der Waals surface area contributed by atoms with Crippen molar-refractivity contribution < 1.29 is 19.1 Å². The second-order valence-electron chi connectivity index (χ2n) is 4.56. The Bertz CT molecular complexity index is 454. The van der Waals surface area contributed by atoms with Gasteiger partial charge in [0.25, 0.3) is 0 Å². The summed E-state index contributed by atoms with van der Waals surface area (Å²) in [5.74, 6) is -0.228. The summed E-state index contributed by atoms with van der Waals surface area (Å²) >= 11 is 0. The van der Waals surface area contributed by atoms with Crippen LogP contribution < -0.4 is 15.8 Å². The number of esters is 1. The zero-order valence-corrected chi connectivity index (χ0v) is 12.5. The first kappa shape index (κ1) is 18.2. The third-order valence-electron chi connectivity index (χ3n) is 2.28. The molecule has 20 heavy (non-hydrogen) atoms. The molecule has 0 bridgehead atoms. The maximum absolute atomic E-state index is 11.6. The van der Waals surface area contributed by atoms with E-state index in [0.717, 1.165) is 0 Å². The van der Waals surface area contributed by atoms with Crippen molar-refractivity contribution in [2.24, 2.45) is 5.73 Å². The van der Waals surface area contributed by atoms with E-state index in [4.69, 9.17) is 10.5 Å². The molecule has 7 heteroatoms. The van der Waals surface area contributed by atoms with E-state index in [0.29, 0.717) is 11.4 Å². The average molecular weight is 303 g/mol. The van der Waals surface area contributed by atoms with E-state index in [1.54, 1.807) is 38.1 Å². The van der Waals surface area contributed by atoms with Gasteiger partial charge in [-0.3, -0.25) is 4.79 Å². The van der Waals surface area contributed by atoms with Crippen molar-refractivity contribution in [3.8, 4) is 5.75 Å². The summed E-state index contributed by atoms with van der Waals surface area (Å²) in [6.07, 6.45) is 0. The zero-order chi connectivity index (χ0) is 14.5. The SMILES string of the molecule is COC(=O)COc1ccc(NC(=O)C(C)(C)N)cc1.Cl. The third-order valence-corrected chi connectivity index (χ3v) is 2.28. The Kier molecular flexibility index (Phi) is 7.02. The Balaban J connectivity index is 0.00000361. The summed E-state index contributed by atoms with van der Waals surface area (Å²) in [7, 11) is 1.29. The van der Waals surface area contributed by atoms with Crippen LogP contribution in [0.2, 0.25) is 0 Å². The number of ether oxygens (including phenoxy) is 2. The molecule has 0 atom stereocenters. The van der Waals surface area contributed by atoms with Crippen LogP contribution in [0.5, 0.6) is 5.75 Å². The van der Waals surface area contributed by atoms with E-state index < -0.39 is 11.5 Å². The number of nitrogens with two attached hydrogens (primary N) is 1. The van der Waals surface area contributed by atoms with Gasteiger partial charge in [0.1, 0.15) is 5.75 Å². The van der Waals surface area contributed by atoms with Crippen molar-refractivity contribution >= 4 is 30.0 Å². The lowest BCUT2D eigenvalue weighted by Gasteiger charge is -2.17. The fraction of sp³-hybridized carbons (Fsp3) is 0.385. The van der Waals surface area contributed by atoms with E-state index in [1.807, 2.05) is 0 Å². The molecule has 1 aromatic rings. The molecule has 0 aliphatic carbocycles. The summed E-state index contributed by atoms with van der Waals surface area (Å²) in [5, 5.41) is 2.67. The molecule has 0 aliphatic heterocycles. The Labute approximate surface area is 124 Å². The number of anilines is 1. The lowest BCUT2D eigenvalue weighted by atomic mass is 10.1.